The van der Waals surface area contributed by atoms with Gasteiger partial charge in [-0.15, -0.1) is 0 Å². The SMILES string of the molecule is CCNC1[N]CCN1. The lowest BCUT2D eigenvalue weighted by Crippen LogP contribution is -2.41. The van der Waals surface area contributed by atoms with Crippen molar-refractivity contribution in [3.05, 3.63) is 0 Å². The van der Waals surface area contributed by atoms with Crippen molar-refractivity contribution in [3.8, 4) is 0 Å². The van der Waals surface area contributed by atoms with E-state index < -0.39 is 0 Å². The van der Waals surface area contributed by atoms with Crippen LogP contribution in [0.25, 0.3) is 0 Å². The molecule has 0 aliphatic carbocycles. The van der Waals surface area contributed by atoms with E-state index in [1.807, 2.05) is 0 Å². The fourth-order valence-electron chi connectivity index (χ4n) is 0.790. The van der Waals surface area contributed by atoms with Crippen LogP contribution in [0.4, 0.5) is 0 Å². The molecule has 0 aromatic carbocycles. The molecule has 8 heavy (non-hydrogen) atoms. The number of hydrogen-bond acceptors (Lipinski definition) is 2. The molecule has 0 spiro atoms. The van der Waals surface area contributed by atoms with Crippen LogP contribution in [0.2, 0.25) is 0 Å². The Labute approximate surface area is 49.8 Å². The van der Waals surface area contributed by atoms with Gasteiger partial charge in [-0.25, -0.2) is 5.32 Å². The summed E-state index contributed by atoms with van der Waals surface area (Å²) in [6.45, 7) is 5.05. The van der Waals surface area contributed by atoms with Gasteiger partial charge in [0.25, 0.3) is 0 Å². The van der Waals surface area contributed by atoms with Crippen LogP contribution in [-0.2, 0) is 0 Å². The van der Waals surface area contributed by atoms with Crippen LogP contribution in [0.1, 0.15) is 6.92 Å². The van der Waals surface area contributed by atoms with Gasteiger partial charge in [-0.3, -0.25) is 10.6 Å². The average Bonchev–Trinajstić information content (AvgIpc) is 2.19. The number of nitrogens with zero attached hydrogens (tertiary/aromatic N) is 1. The van der Waals surface area contributed by atoms with Gasteiger partial charge in [0.15, 0.2) is 0 Å². The van der Waals surface area contributed by atoms with Crippen LogP contribution in [0, 0.1) is 0 Å². The van der Waals surface area contributed by atoms with E-state index in [1.165, 1.54) is 0 Å². The third-order valence-electron chi connectivity index (χ3n) is 1.16. The van der Waals surface area contributed by atoms with E-state index in [2.05, 4.69) is 22.9 Å². The van der Waals surface area contributed by atoms with Gasteiger partial charge in [-0.2, -0.15) is 0 Å². The highest BCUT2D eigenvalue weighted by Crippen LogP contribution is 1.80. The molecule has 0 aromatic rings. The van der Waals surface area contributed by atoms with Gasteiger partial charge in [0, 0.05) is 13.1 Å². The summed E-state index contributed by atoms with van der Waals surface area (Å²) in [6, 6.07) is 0. The summed E-state index contributed by atoms with van der Waals surface area (Å²) in [5, 5.41) is 10.5. The first kappa shape index (κ1) is 6.01. The third kappa shape index (κ3) is 1.43. The average molecular weight is 114 g/mol. The summed E-state index contributed by atoms with van der Waals surface area (Å²) in [5.41, 5.74) is 0. The lowest BCUT2D eigenvalue weighted by molar-refractivity contribution is 0.451. The molecule has 1 rings (SSSR count). The van der Waals surface area contributed by atoms with Crippen molar-refractivity contribution in [3.63, 3.8) is 0 Å². The van der Waals surface area contributed by atoms with Crippen LogP contribution in [0.5, 0.6) is 0 Å². The van der Waals surface area contributed by atoms with Crippen LogP contribution in [0.3, 0.4) is 0 Å². The smallest absolute Gasteiger partial charge is 0.127 e. The summed E-state index contributed by atoms with van der Waals surface area (Å²) >= 11 is 0. The van der Waals surface area contributed by atoms with Crippen molar-refractivity contribution in [2.75, 3.05) is 19.6 Å². The van der Waals surface area contributed by atoms with Gasteiger partial charge in [0.05, 0.1) is 0 Å². The number of nitrogens with one attached hydrogen (secondary N) is 2. The van der Waals surface area contributed by atoms with Crippen molar-refractivity contribution in [1.82, 2.24) is 16.0 Å². The molecule has 3 nitrogen and oxygen atoms in total. The summed E-state index contributed by atoms with van der Waals surface area (Å²) in [5.74, 6) is 0. The Balaban J connectivity index is 2.06. The Morgan fingerprint density at radius 1 is 1.88 bits per heavy atom. The summed E-state index contributed by atoms with van der Waals surface area (Å²) in [6.07, 6.45) is 0.236. The molecule has 1 aliphatic rings. The molecule has 0 saturated carbocycles. The molecule has 1 heterocycles. The van der Waals surface area contributed by atoms with Crippen LogP contribution < -0.4 is 16.0 Å². The van der Waals surface area contributed by atoms with Gasteiger partial charge in [0.1, 0.15) is 6.29 Å². The summed E-state index contributed by atoms with van der Waals surface area (Å²) < 4.78 is 0. The predicted molar refractivity (Wildman–Crippen MR) is 32.5 cm³/mol. The van der Waals surface area contributed by atoms with E-state index in [0.717, 1.165) is 19.6 Å². The first-order chi connectivity index (χ1) is 3.93. The fraction of sp³-hybridized carbons (Fsp3) is 1.00. The van der Waals surface area contributed by atoms with Gasteiger partial charge in [-0.1, -0.05) is 6.92 Å². The highest BCUT2D eigenvalue weighted by Gasteiger charge is 2.10. The van der Waals surface area contributed by atoms with E-state index in [4.69, 9.17) is 0 Å². The van der Waals surface area contributed by atoms with Crippen LogP contribution in [0.15, 0.2) is 0 Å². The highest BCUT2D eigenvalue weighted by molar-refractivity contribution is 4.68. The maximum atomic E-state index is 4.20. The third-order valence-corrected chi connectivity index (χ3v) is 1.16. The molecule has 47 valence electrons. The molecule has 3 heteroatoms. The molecule has 1 fully saturated rings. The van der Waals surface area contributed by atoms with Gasteiger partial charge < -0.3 is 0 Å². The van der Waals surface area contributed by atoms with E-state index in [0.29, 0.717) is 0 Å². The lowest BCUT2D eigenvalue weighted by atomic mass is 10.7. The minimum Gasteiger partial charge on any atom is -0.289 e. The largest absolute Gasteiger partial charge is 0.289 e. The van der Waals surface area contributed by atoms with E-state index in [9.17, 15) is 0 Å². The molecule has 0 amide bonds. The second-order valence-corrected chi connectivity index (χ2v) is 1.82. The summed E-state index contributed by atoms with van der Waals surface area (Å²) in [4.78, 5) is 0. The zero-order valence-corrected chi connectivity index (χ0v) is 5.15. The minimum atomic E-state index is 0.236. The van der Waals surface area contributed by atoms with E-state index in [-0.39, 0.29) is 6.29 Å². The topological polar surface area (TPSA) is 38.2 Å². The second kappa shape index (κ2) is 3.02. The Bertz CT molecular complexity index is 58.7. The van der Waals surface area contributed by atoms with Crippen LogP contribution in [-0.4, -0.2) is 25.9 Å². The Kier molecular flexibility index (Phi) is 2.27. The van der Waals surface area contributed by atoms with Gasteiger partial charge in [-0.05, 0) is 6.54 Å². The van der Waals surface area contributed by atoms with E-state index in [1.54, 1.807) is 0 Å². The minimum absolute atomic E-state index is 0.236. The number of rotatable bonds is 2. The monoisotopic (exact) mass is 114 g/mol. The predicted octanol–water partition coefficient (Wildman–Crippen LogP) is -0.913. The zero-order chi connectivity index (χ0) is 5.82. The summed E-state index contributed by atoms with van der Waals surface area (Å²) in [7, 11) is 0. The van der Waals surface area contributed by atoms with Crippen molar-refractivity contribution in [2.45, 2.75) is 13.2 Å². The highest BCUT2D eigenvalue weighted by atomic mass is 15.3. The fourth-order valence-corrected chi connectivity index (χ4v) is 0.790. The van der Waals surface area contributed by atoms with Crippen molar-refractivity contribution < 1.29 is 0 Å². The lowest BCUT2D eigenvalue weighted by Gasteiger charge is -2.07. The molecule has 2 N–H and O–H groups in total. The van der Waals surface area contributed by atoms with Gasteiger partial charge >= 0.3 is 0 Å². The molecular formula is C5H12N3. The molecule has 1 atom stereocenters. The number of hydrogen-bond donors (Lipinski definition) is 2. The Hall–Kier alpha value is -0.120. The molecule has 0 bridgehead atoms. The van der Waals surface area contributed by atoms with Crippen molar-refractivity contribution >= 4 is 0 Å². The Morgan fingerprint density at radius 2 is 2.75 bits per heavy atom. The molecule has 1 saturated heterocycles. The quantitative estimate of drug-likeness (QED) is 0.487. The molecule has 0 aromatic heterocycles. The maximum Gasteiger partial charge on any atom is 0.127 e. The van der Waals surface area contributed by atoms with Crippen LogP contribution >= 0.6 is 0 Å². The standard InChI is InChI=1S/C5H12N3/c1-2-6-5-7-3-4-8-5/h5-7H,2-4H2,1H3. The molecule has 1 unspecified atom stereocenters. The van der Waals surface area contributed by atoms with Crippen molar-refractivity contribution in [2.24, 2.45) is 0 Å². The Morgan fingerprint density at radius 3 is 3.25 bits per heavy atom. The van der Waals surface area contributed by atoms with E-state index >= 15 is 0 Å². The molecule has 1 radical (unpaired) electrons. The first-order valence-corrected chi connectivity index (χ1v) is 3.07. The van der Waals surface area contributed by atoms with Gasteiger partial charge in [0.2, 0.25) is 0 Å². The first-order valence-electron chi connectivity index (χ1n) is 3.07. The maximum absolute atomic E-state index is 4.20. The normalized spacial score (nSPS) is 22.1. The molecular weight excluding hydrogens is 102 g/mol. The second-order valence-electron chi connectivity index (χ2n) is 1.82. The molecule has 1 aliphatic heterocycles. The zero-order valence-electron chi connectivity index (χ0n) is 5.15. The van der Waals surface area contributed by atoms with Crippen molar-refractivity contribution in [1.29, 1.82) is 0 Å².